The van der Waals surface area contributed by atoms with Gasteiger partial charge in [-0.05, 0) is 42.3 Å². The first-order valence-corrected chi connectivity index (χ1v) is 9.29. The number of rotatable bonds is 3. The largest absolute Gasteiger partial charge is 0.486 e. The first-order chi connectivity index (χ1) is 11.2. The van der Waals surface area contributed by atoms with Gasteiger partial charge in [-0.1, -0.05) is 23.2 Å². The normalized spacial score (nSPS) is 16.9. The molecule has 0 saturated carbocycles. The lowest BCUT2D eigenvalue weighted by Crippen LogP contribution is -2.31. The summed E-state index contributed by atoms with van der Waals surface area (Å²) in [5.41, 5.74) is 1.39. The smallest absolute Gasteiger partial charge is 0.294 e. The Hall–Kier alpha value is -1.47. The Labute approximate surface area is 149 Å². The van der Waals surface area contributed by atoms with Crippen LogP contribution in [0.15, 0.2) is 35.2 Å². The van der Waals surface area contributed by atoms with Crippen LogP contribution in [0.1, 0.15) is 11.1 Å². The maximum atomic E-state index is 11.4. The van der Waals surface area contributed by atoms with Gasteiger partial charge in [-0.25, -0.2) is 0 Å². The molecule has 128 valence electrons. The molecule has 1 aliphatic heterocycles. The van der Waals surface area contributed by atoms with E-state index in [9.17, 15) is 13.0 Å². The van der Waals surface area contributed by atoms with Crippen LogP contribution in [0.2, 0.25) is 10.0 Å². The van der Waals surface area contributed by atoms with Crippen LogP contribution in [-0.2, 0) is 16.5 Å². The number of halogens is 2. The van der Waals surface area contributed by atoms with Crippen LogP contribution < -0.4 is 9.47 Å². The SMILES string of the molecule is Cc1c(Cl)cc(S(=O)(=O)O)cc1C[C@H]1COc2ccc(Cl)cc2O1. The van der Waals surface area contributed by atoms with Gasteiger partial charge in [0.15, 0.2) is 11.5 Å². The molecule has 1 aliphatic rings. The van der Waals surface area contributed by atoms with Crippen molar-refractivity contribution in [3.63, 3.8) is 0 Å². The maximum Gasteiger partial charge on any atom is 0.294 e. The lowest BCUT2D eigenvalue weighted by atomic mass is 10.0. The van der Waals surface area contributed by atoms with Gasteiger partial charge in [0.2, 0.25) is 0 Å². The third kappa shape index (κ3) is 3.62. The van der Waals surface area contributed by atoms with Gasteiger partial charge < -0.3 is 9.47 Å². The molecule has 0 fully saturated rings. The second-order valence-corrected chi connectivity index (χ2v) is 7.78. The number of hydrogen-bond acceptors (Lipinski definition) is 4. The average Bonchev–Trinajstić information content (AvgIpc) is 2.50. The summed E-state index contributed by atoms with van der Waals surface area (Å²) >= 11 is 12.0. The standard InChI is InChI=1S/C16H14Cl2O5S/c1-9-10(5-13(7-14(9)18)24(19,20)21)4-12-8-22-15-3-2-11(17)6-16(15)23-12/h2-3,5-7,12H,4,8H2,1H3,(H,19,20,21)/t12-/m0/s1. The number of hydrogen-bond donors (Lipinski definition) is 1. The fourth-order valence-electron chi connectivity index (χ4n) is 2.50. The van der Waals surface area contributed by atoms with Crippen LogP contribution in [0.25, 0.3) is 0 Å². The number of ether oxygens (including phenoxy) is 2. The van der Waals surface area contributed by atoms with Crippen molar-refractivity contribution >= 4 is 33.3 Å². The molecule has 2 aromatic carbocycles. The van der Waals surface area contributed by atoms with Gasteiger partial charge in [0.25, 0.3) is 10.1 Å². The van der Waals surface area contributed by atoms with Gasteiger partial charge in [0.1, 0.15) is 12.7 Å². The average molecular weight is 389 g/mol. The summed E-state index contributed by atoms with van der Waals surface area (Å²) in [7, 11) is -4.33. The maximum absolute atomic E-state index is 11.4. The van der Waals surface area contributed by atoms with Crippen molar-refractivity contribution in [2.24, 2.45) is 0 Å². The zero-order valence-electron chi connectivity index (χ0n) is 12.6. The predicted molar refractivity (Wildman–Crippen MR) is 91.1 cm³/mol. The Balaban J connectivity index is 1.88. The molecule has 5 nitrogen and oxygen atoms in total. The molecule has 24 heavy (non-hydrogen) atoms. The molecule has 0 amide bonds. The first kappa shape index (κ1) is 17.4. The van der Waals surface area contributed by atoms with E-state index in [1.165, 1.54) is 12.1 Å². The van der Waals surface area contributed by atoms with Crippen molar-refractivity contribution in [2.75, 3.05) is 6.61 Å². The highest BCUT2D eigenvalue weighted by atomic mass is 35.5. The lowest BCUT2D eigenvalue weighted by molar-refractivity contribution is 0.0912. The Morgan fingerprint density at radius 3 is 2.67 bits per heavy atom. The first-order valence-electron chi connectivity index (χ1n) is 7.09. The fraction of sp³-hybridized carbons (Fsp3) is 0.250. The van der Waals surface area contributed by atoms with Crippen LogP contribution in [0.3, 0.4) is 0 Å². The third-order valence-electron chi connectivity index (χ3n) is 3.79. The lowest BCUT2D eigenvalue weighted by Gasteiger charge is -2.27. The highest BCUT2D eigenvalue weighted by molar-refractivity contribution is 7.85. The van der Waals surface area contributed by atoms with Crippen LogP contribution in [0.4, 0.5) is 0 Å². The molecular weight excluding hydrogens is 375 g/mol. The van der Waals surface area contributed by atoms with Gasteiger partial charge in [0, 0.05) is 22.5 Å². The molecule has 3 rings (SSSR count). The van der Waals surface area contributed by atoms with Crippen LogP contribution in [0, 0.1) is 6.92 Å². The minimum atomic E-state index is -4.33. The van der Waals surface area contributed by atoms with Gasteiger partial charge in [-0.15, -0.1) is 0 Å². The number of benzene rings is 2. The molecule has 1 atom stereocenters. The van der Waals surface area contributed by atoms with Gasteiger partial charge >= 0.3 is 0 Å². The van der Waals surface area contributed by atoms with Crippen molar-refractivity contribution < 1.29 is 22.4 Å². The quantitative estimate of drug-likeness (QED) is 0.806. The van der Waals surface area contributed by atoms with Crippen LogP contribution in [-0.4, -0.2) is 25.7 Å². The second kappa shape index (κ2) is 6.44. The highest BCUT2D eigenvalue weighted by Crippen LogP contribution is 2.35. The van der Waals surface area contributed by atoms with E-state index in [0.29, 0.717) is 35.1 Å². The summed E-state index contributed by atoms with van der Waals surface area (Å²) in [4.78, 5) is -0.242. The van der Waals surface area contributed by atoms with E-state index in [1.807, 2.05) is 0 Å². The topological polar surface area (TPSA) is 72.8 Å². The second-order valence-electron chi connectivity index (χ2n) is 5.51. The molecule has 8 heteroatoms. The fourth-order valence-corrected chi connectivity index (χ4v) is 3.53. The van der Waals surface area contributed by atoms with E-state index in [-0.39, 0.29) is 16.0 Å². The van der Waals surface area contributed by atoms with E-state index in [1.54, 1.807) is 25.1 Å². The Bertz CT molecular complexity index is 896. The van der Waals surface area contributed by atoms with E-state index in [0.717, 1.165) is 5.56 Å². The van der Waals surface area contributed by atoms with Crippen LogP contribution >= 0.6 is 23.2 Å². The van der Waals surface area contributed by atoms with E-state index in [4.69, 9.17) is 32.7 Å². The zero-order chi connectivity index (χ0) is 17.5. The van der Waals surface area contributed by atoms with Crippen molar-refractivity contribution in [1.29, 1.82) is 0 Å². The van der Waals surface area contributed by atoms with Gasteiger partial charge in [-0.2, -0.15) is 8.42 Å². The zero-order valence-corrected chi connectivity index (χ0v) is 15.0. The van der Waals surface area contributed by atoms with Crippen molar-refractivity contribution in [3.05, 3.63) is 51.5 Å². The molecule has 1 heterocycles. The molecule has 0 aromatic heterocycles. The molecule has 2 aromatic rings. The molecule has 1 N–H and O–H groups in total. The molecule has 0 saturated heterocycles. The van der Waals surface area contributed by atoms with E-state index in [2.05, 4.69) is 0 Å². The third-order valence-corrected chi connectivity index (χ3v) is 5.25. The minimum Gasteiger partial charge on any atom is -0.486 e. The van der Waals surface area contributed by atoms with Crippen LogP contribution in [0.5, 0.6) is 11.5 Å². The summed E-state index contributed by atoms with van der Waals surface area (Å²) in [6.07, 6.45) is 0.0447. The molecule has 0 unspecified atom stereocenters. The molecular formula is C16H14Cl2O5S. The van der Waals surface area contributed by atoms with Crippen molar-refractivity contribution in [2.45, 2.75) is 24.3 Å². The van der Waals surface area contributed by atoms with E-state index >= 15 is 0 Å². The Morgan fingerprint density at radius 2 is 1.96 bits per heavy atom. The minimum absolute atomic E-state index is 0.242. The molecule has 0 radical (unpaired) electrons. The van der Waals surface area contributed by atoms with Gasteiger partial charge in [-0.3, -0.25) is 4.55 Å². The summed E-state index contributed by atoms with van der Waals surface area (Å²) < 4.78 is 43.5. The highest BCUT2D eigenvalue weighted by Gasteiger charge is 2.24. The predicted octanol–water partition coefficient (Wildman–Crippen LogP) is 3.93. The monoisotopic (exact) mass is 388 g/mol. The van der Waals surface area contributed by atoms with Crippen molar-refractivity contribution in [1.82, 2.24) is 0 Å². The van der Waals surface area contributed by atoms with E-state index < -0.39 is 10.1 Å². The summed E-state index contributed by atoms with van der Waals surface area (Å²) in [6, 6.07) is 7.73. The summed E-state index contributed by atoms with van der Waals surface area (Å²) in [5, 5.41) is 0.797. The number of fused-ring (bicyclic) bond motifs is 1. The molecule has 0 aliphatic carbocycles. The molecule has 0 spiro atoms. The summed E-state index contributed by atoms with van der Waals surface area (Å²) in [5.74, 6) is 1.14. The van der Waals surface area contributed by atoms with Crippen molar-refractivity contribution in [3.8, 4) is 11.5 Å². The Kier molecular flexibility index (Phi) is 4.66. The summed E-state index contributed by atoms with van der Waals surface area (Å²) in [6.45, 7) is 2.09. The molecule has 0 bridgehead atoms. The van der Waals surface area contributed by atoms with Gasteiger partial charge in [0.05, 0.1) is 4.90 Å². The Morgan fingerprint density at radius 1 is 1.21 bits per heavy atom.